The van der Waals surface area contributed by atoms with Gasteiger partial charge < -0.3 is 11.1 Å². The number of rotatable bonds is 2. The maximum Gasteiger partial charge on any atom is 0.103 e. The SMILES string of the molecule is N#Cc1cnc2c(Cl)cc(N)cc2c1NC1CCC1. The molecule has 1 aliphatic rings. The van der Waals surface area contributed by atoms with Gasteiger partial charge in [-0.15, -0.1) is 0 Å². The molecule has 2 aromatic rings. The summed E-state index contributed by atoms with van der Waals surface area (Å²) < 4.78 is 0. The Hall–Kier alpha value is -1.99. The Morgan fingerprint density at radius 2 is 2.21 bits per heavy atom. The summed E-state index contributed by atoms with van der Waals surface area (Å²) in [4.78, 5) is 4.25. The van der Waals surface area contributed by atoms with E-state index in [9.17, 15) is 5.26 Å². The number of pyridine rings is 1. The van der Waals surface area contributed by atoms with E-state index in [0.717, 1.165) is 23.9 Å². The molecule has 0 bridgehead atoms. The molecular weight excluding hydrogens is 260 g/mol. The number of fused-ring (bicyclic) bond motifs is 1. The van der Waals surface area contributed by atoms with Crippen LogP contribution in [0.5, 0.6) is 0 Å². The van der Waals surface area contributed by atoms with Gasteiger partial charge in [0.25, 0.3) is 0 Å². The number of nitrogens with one attached hydrogen (secondary N) is 1. The number of hydrogen-bond acceptors (Lipinski definition) is 4. The summed E-state index contributed by atoms with van der Waals surface area (Å²) in [6.45, 7) is 0. The van der Waals surface area contributed by atoms with Crippen molar-refractivity contribution >= 4 is 33.9 Å². The molecule has 0 unspecified atom stereocenters. The van der Waals surface area contributed by atoms with Gasteiger partial charge in [-0.05, 0) is 31.4 Å². The highest BCUT2D eigenvalue weighted by molar-refractivity contribution is 6.35. The van der Waals surface area contributed by atoms with E-state index in [4.69, 9.17) is 17.3 Å². The molecular formula is C14H13ClN4. The Balaban J connectivity index is 2.21. The summed E-state index contributed by atoms with van der Waals surface area (Å²) in [7, 11) is 0. The highest BCUT2D eigenvalue weighted by atomic mass is 35.5. The molecule has 0 atom stereocenters. The molecule has 3 rings (SSSR count). The molecule has 1 heterocycles. The normalized spacial score (nSPS) is 14.9. The second-order valence-corrected chi connectivity index (χ2v) is 5.24. The van der Waals surface area contributed by atoms with Crippen molar-refractivity contribution in [3.63, 3.8) is 0 Å². The molecule has 0 amide bonds. The average Bonchev–Trinajstić information content (AvgIpc) is 2.33. The number of hydrogen-bond donors (Lipinski definition) is 2. The van der Waals surface area contributed by atoms with Gasteiger partial charge in [-0.3, -0.25) is 4.98 Å². The van der Waals surface area contributed by atoms with Gasteiger partial charge in [-0.1, -0.05) is 11.6 Å². The Morgan fingerprint density at radius 3 is 2.84 bits per heavy atom. The fraction of sp³-hybridized carbons (Fsp3) is 0.286. The Bertz CT molecular complexity index is 686. The Kier molecular flexibility index (Phi) is 2.92. The van der Waals surface area contributed by atoms with Gasteiger partial charge in [-0.2, -0.15) is 5.26 Å². The van der Waals surface area contributed by atoms with Crippen LogP contribution in [0.25, 0.3) is 10.9 Å². The van der Waals surface area contributed by atoms with E-state index in [1.807, 2.05) is 6.07 Å². The van der Waals surface area contributed by atoms with E-state index >= 15 is 0 Å². The molecule has 0 saturated heterocycles. The first-order chi connectivity index (χ1) is 9.19. The predicted molar refractivity (Wildman–Crippen MR) is 77.1 cm³/mol. The van der Waals surface area contributed by atoms with E-state index < -0.39 is 0 Å². The lowest BCUT2D eigenvalue weighted by atomic mass is 9.92. The Morgan fingerprint density at radius 1 is 1.42 bits per heavy atom. The Labute approximate surface area is 116 Å². The van der Waals surface area contributed by atoms with Crippen molar-refractivity contribution < 1.29 is 0 Å². The smallest absolute Gasteiger partial charge is 0.103 e. The van der Waals surface area contributed by atoms with E-state index in [1.54, 1.807) is 12.3 Å². The fourth-order valence-corrected chi connectivity index (χ4v) is 2.55. The quantitative estimate of drug-likeness (QED) is 0.823. The number of aromatic nitrogens is 1. The van der Waals surface area contributed by atoms with Gasteiger partial charge in [0.15, 0.2) is 0 Å². The molecule has 1 saturated carbocycles. The van der Waals surface area contributed by atoms with Crippen LogP contribution in [0, 0.1) is 11.3 Å². The molecule has 0 aliphatic heterocycles. The molecule has 1 aliphatic carbocycles. The molecule has 0 radical (unpaired) electrons. The number of halogens is 1. The zero-order valence-electron chi connectivity index (χ0n) is 10.3. The summed E-state index contributed by atoms with van der Waals surface area (Å²) >= 11 is 6.16. The number of anilines is 2. The lowest BCUT2D eigenvalue weighted by Gasteiger charge is -2.28. The summed E-state index contributed by atoms with van der Waals surface area (Å²) in [6, 6.07) is 6.09. The van der Waals surface area contributed by atoms with Crippen LogP contribution in [0.4, 0.5) is 11.4 Å². The van der Waals surface area contributed by atoms with Crippen LogP contribution in [0.15, 0.2) is 18.3 Å². The molecule has 1 fully saturated rings. The van der Waals surface area contributed by atoms with Crippen LogP contribution in [-0.4, -0.2) is 11.0 Å². The minimum Gasteiger partial charge on any atom is -0.399 e. The predicted octanol–water partition coefficient (Wildman–Crippen LogP) is 3.31. The van der Waals surface area contributed by atoms with Gasteiger partial charge >= 0.3 is 0 Å². The fourth-order valence-electron chi connectivity index (χ4n) is 2.28. The first kappa shape index (κ1) is 12.1. The molecule has 4 nitrogen and oxygen atoms in total. The van der Waals surface area contributed by atoms with Gasteiger partial charge in [0.1, 0.15) is 6.07 Å². The van der Waals surface area contributed by atoms with Gasteiger partial charge in [0, 0.05) is 23.3 Å². The van der Waals surface area contributed by atoms with Crippen molar-refractivity contribution in [2.45, 2.75) is 25.3 Å². The van der Waals surface area contributed by atoms with Crippen LogP contribution >= 0.6 is 11.6 Å². The van der Waals surface area contributed by atoms with Crippen molar-refractivity contribution in [2.75, 3.05) is 11.1 Å². The number of nitriles is 1. The maximum atomic E-state index is 9.23. The van der Waals surface area contributed by atoms with Crippen LogP contribution in [0.1, 0.15) is 24.8 Å². The van der Waals surface area contributed by atoms with Crippen LogP contribution < -0.4 is 11.1 Å². The van der Waals surface area contributed by atoms with Gasteiger partial charge in [0.05, 0.1) is 21.8 Å². The molecule has 5 heteroatoms. The molecule has 3 N–H and O–H groups in total. The van der Waals surface area contributed by atoms with Crippen LogP contribution in [0.3, 0.4) is 0 Å². The third-order valence-electron chi connectivity index (χ3n) is 3.52. The molecule has 1 aromatic carbocycles. The summed E-state index contributed by atoms with van der Waals surface area (Å²) in [5, 5.41) is 14.0. The lowest BCUT2D eigenvalue weighted by molar-refractivity contribution is 0.446. The van der Waals surface area contributed by atoms with Gasteiger partial charge in [-0.25, -0.2) is 0 Å². The monoisotopic (exact) mass is 272 g/mol. The number of benzene rings is 1. The standard InChI is InChI=1S/C14H13ClN4/c15-12-5-9(17)4-11-13(19-10-2-1-3-10)8(6-16)7-18-14(11)12/h4-5,7,10H,1-3,17H2,(H,18,19). The van der Waals surface area contributed by atoms with E-state index in [-0.39, 0.29) is 0 Å². The number of nitrogens with zero attached hydrogens (tertiary/aromatic N) is 2. The summed E-state index contributed by atoms with van der Waals surface area (Å²) in [5.74, 6) is 0. The number of nitrogens with two attached hydrogens (primary N) is 1. The maximum absolute atomic E-state index is 9.23. The minimum atomic E-state index is 0.429. The van der Waals surface area contributed by atoms with E-state index in [0.29, 0.717) is 27.8 Å². The molecule has 19 heavy (non-hydrogen) atoms. The van der Waals surface area contributed by atoms with Crippen LogP contribution in [0.2, 0.25) is 5.02 Å². The number of nitrogen functional groups attached to an aromatic ring is 1. The van der Waals surface area contributed by atoms with E-state index in [2.05, 4.69) is 16.4 Å². The minimum absolute atomic E-state index is 0.429. The highest BCUT2D eigenvalue weighted by Gasteiger charge is 2.20. The zero-order valence-corrected chi connectivity index (χ0v) is 11.0. The molecule has 96 valence electrons. The van der Waals surface area contributed by atoms with Crippen molar-refractivity contribution in [1.82, 2.24) is 4.98 Å². The van der Waals surface area contributed by atoms with Gasteiger partial charge in [0.2, 0.25) is 0 Å². The third-order valence-corrected chi connectivity index (χ3v) is 3.81. The molecule has 1 aromatic heterocycles. The highest BCUT2D eigenvalue weighted by Crippen LogP contribution is 2.34. The zero-order chi connectivity index (χ0) is 13.4. The lowest BCUT2D eigenvalue weighted by Crippen LogP contribution is -2.27. The first-order valence-corrected chi connectivity index (χ1v) is 6.61. The second kappa shape index (κ2) is 4.60. The van der Waals surface area contributed by atoms with Crippen LogP contribution in [-0.2, 0) is 0 Å². The third kappa shape index (κ3) is 2.06. The van der Waals surface area contributed by atoms with E-state index in [1.165, 1.54) is 6.42 Å². The van der Waals surface area contributed by atoms with Crippen molar-refractivity contribution in [1.29, 1.82) is 5.26 Å². The average molecular weight is 273 g/mol. The van der Waals surface area contributed by atoms with Crippen molar-refractivity contribution in [2.24, 2.45) is 0 Å². The second-order valence-electron chi connectivity index (χ2n) is 4.83. The summed E-state index contributed by atoms with van der Waals surface area (Å²) in [6.07, 6.45) is 5.05. The topological polar surface area (TPSA) is 74.7 Å². The first-order valence-electron chi connectivity index (χ1n) is 6.23. The van der Waals surface area contributed by atoms with Crippen molar-refractivity contribution in [3.8, 4) is 6.07 Å². The molecule has 0 spiro atoms. The largest absolute Gasteiger partial charge is 0.399 e. The van der Waals surface area contributed by atoms with Crippen molar-refractivity contribution in [3.05, 3.63) is 28.9 Å². The summed E-state index contributed by atoms with van der Waals surface area (Å²) in [5.41, 5.74) is 8.42.